The second kappa shape index (κ2) is 5.29. The maximum absolute atomic E-state index is 11.0. The number of esters is 1. The van der Waals surface area contributed by atoms with Crippen molar-refractivity contribution in [2.75, 3.05) is 7.11 Å². The first-order chi connectivity index (χ1) is 7.17. The Labute approximate surface area is 89.1 Å². The van der Waals surface area contributed by atoms with Gasteiger partial charge < -0.3 is 9.53 Å². The van der Waals surface area contributed by atoms with Crippen LogP contribution < -0.4 is 0 Å². The van der Waals surface area contributed by atoms with E-state index in [9.17, 15) is 9.59 Å². The van der Waals surface area contributed by atoms with Crippen LogP contribution in [0.1, 0.15) is 23.5 Å². The molecule has 0 bridgehead atoms. The van der Waals surface area contributed by atoms with E-state index in [-0.39, 0.29) is 12.4 Å². The molecule has 0 aliphatic carbocycles. The summed E-state index contributed by atoms with van der Waals surface area (Å²) in [6.07, 6.45) is 0.880. The number of benzene rings is 1. The molecule has 0 aliphatic rings. The summed E-state index contributed by atoms with van der Waals surface area (Å²) in [4.78, 5) is 21.9. The van der Waals surface area contributed by atoms with Crippen LogP contribution in [0.4, 0.5) is 0 Å². The normalized spacial score (nSPS) is 11.9. The molecule has 3 nitrogen and oxygen atoms in total. The number of rotatable bonds is 4. The van der Waals surface area contributed by atoms with E-state index in [1.54, 1.807) is 0 Å². The van der Waals surface area contributed by atoms with E-state index in [0.29, 0.717) is 0 Å². The van der Waals surface area contributed by atoms with Crippen molar-refractivity contribution in [3.63, 3.8) is 0 Å². The predicted molar refractivity (Wildman–Crippen MR) is 56.6 cm³/mol. The van der Waals surface area contributed by atoms with E-state index in [2.05, 4.69) is 4.74 Å². The molecule has 1 unspecified atom stereocenters. The van der Waals surface area contributed by atoms with Crippen LogP contribution in [0.15, 0.2) is 24.3 Å². The highest BCUT2D eigenvalue weighted by Gasteiger charge is 2.15. The largest absolute Gasteiger partial charge is 0.469 e. The summed E-state index contributed by atoms with van der Waals surface area (Å²) >= 11 is 0. The summed E-state index contributed by atoms with van der Waals surface area (Å²) in [7, 11) is 1.32. The molecule has 80 valence electrons. The highest BCUT2D eigenvalue weighted by Crippen LogP contribution is 2.18. The van der Waals surface area contributed by atoms with Gasteiger partial charge in [-0.1, -0.05) is 29.8 Å². The third-order valence-electron chi connectivity index (χ3n) is 2.28. The highest BCUT2D eigenvalue weighted by molar-refractivity contribution is 5.76. The Morgan fingerprint density at radius 1 is 1.40 bits per heavy atom. The molecular weight excluding hydrogens is 192 g/mol. The molecule has 0 saturated carbocycles. The van der Waals surface area contributed by atoms with Gasteiger partial charge in [-0.25, -0.2) is 0 Å². The summed E-state index contributed by atoms with van der Waals surface area (Å²) in [5, 5.41) is 0. The van der Waals surface area contributed by atoms with Crippen molar-refractivity contribution < 1.29 is 14.3 Å². The number of ether oxygens (including phenoxy) is 1. The van der Waals surface area contributed by atoms with Gasteiger partial charge in [0, 0.05) is 0 Å². The third kappa shape index (κ3) is 3.20. The van der Waals surface area contributed by atoms with Crippen molar-refractivity contribution >= 4 is 12.3 Å². The van der Waals surface area contributed by atoms with Gasteiger partial charge in [0.15, 0.2) is 0 Å². The van der Waals surface area contributed by atoms with Gasteiger partial charge in [0.1, 0.15) is 6.29 Å². The van der Waals surface area contributed by atoms with Crippen molar-refractivity contribution in [1.82, 2.24) is 0 Å². The summed E-state index contributed by atoms with van der Waals surface area (Å²) < 4.78 is 4.53. The van der Waals surface area contributed by atoms with Crippen molar-refractivity contribution in [1.29, 1.82) is 0 Å². The average molecular weight is 206 g/mol. The number of hydrogen-bond acceptors (Lipinski definition) is 3. The first-order valence-corrected chi connectivity index (χ1v) is 4.76. The first-order valence-electron chi connectivity index (χ1n) is 4.76. The van der Waals surface area contributed by atoms with Crippen LogP contribution >= 0.6 is 0 Å². The van der Waals surface area contributed by atoms with Crippen LogP contribution in [0.3, 0.4) is 0 Å². The number of carbonyl (C=O) groups excluding carboxylic acids is 2. The lowest BCUT2D eigenvalue weighted by Gasteiger charge is -2.09. The molecule has 3 heteroatoms. The Hall–Kier alpha value is -1.64. The van der Waals surface area contributed by atoms with Gasteiger partial charge in [-0.05, 0) is 12.5 Å². The minimum Gasteiger partial charge on any atom is -0.469 e. The molecule has 0 heterocycles. The summed E-state index contributed by atoms with van der Waals surface area (Å²) in [6, 6.07) is 7.56. The fourth-order valence-electron chi connectivity index (χ4n) is 1.32. The predicted octanol–water partition coefficient (Wildman–Crippen LogP) is 1.84. The topological polar surface area (TPSA) is 43.4 Å². The Morgan fingerprint density at radius 3 is 2.47 bits per heavy atom. The van der Waals surface area contributed by atoms with Gasteiger partial charge in [0.2, 0.25) is 0 Å². The fraction of sp³-hybridized carbons (Fsp3) is 0.333. The Morgan fingerprint density at radius 2 is 2.00 bits per heavy atom. The quantitative estimate of drug-likeness (QED) is 0.557. The molecule has 0 aromatic heterocycles. The maximum atomic E-state index is 11.0. The molecule has 1 atom stereocenters. The Kier molecular flexibility index (Phi) is 4.03. The van der Waals surface area contributed by atoms with Gasteiger partial charge in [-0.3, -0.25) is 4.79 Å². The molecule has 0 spiro atoms. The van der Waals surface area contributed by atoms with E-state index < -0.39 is 5.92 Å². The van der Waals surface area contributed by atoms with Crippen molar-refractivity contribution in [3.8, 4) is 0 Å². The van der Waals surface area contributed by atoms with Crippen molar-refractivity contribution in [2.45, 2.75) is 19.3 Å². The van der Waals surface area contributed by atoms with Crippen LogP contribution in [0.5, 0.6) is 0 Å². The van der Waals surface area contributed by atoms with Crippen LogP contribution in [0.2, 0.25) is 0 Å². The lowest BCUT2D eigenvalue weighted by Crippen LogP contribution is -2.09. The summed E-state index contributed by atoms with van der Waals surface area (Å²) in [5.74, 6) is -0.772. The van der Waals surface area contributed by atoms with Crippen LogP contribution in [-0.4, -0.2) is 19.4 Å². The van der Waals surface area contributed by atoms with E-state index in [4.69, 9.17) is 0 Å². The van der Waals surface area contributed by atoms with E-state index >= 15 is 0 Å². The molecule has 0 saturated heterocycles. The minimum atomic E-state index is -0.405. The van der Waals surface area contributed by atoms with Crippen LogP contribution in [0.25, 0.3) is 0 Å². The van der Waals surface area contributed by atoms with Gasteiger partial charge >= 0.3 is 5.97 Å². The smallest absolute Gasteiger partial charge is 0.306 e. The molecule has 0 aliphatic heterocycles. The molecule has 1 rings (SSSR count). The maximum Gasteiger partial charge on any atom is 0.306 e. The molecule has 15 heavy (non-hydrogen) atoms. The number of aldehydes is 1. The Balaban J connectivity index is 2.78. The highest BCUT2D eigenvalue weighted by atomic mass is 16.5. The lowest BCUT2D eigenvalue weighted by atomic mass is 9.96. The zero-order chi connectivity index (χ0) is 11.3. The van der Waals surface area contributed by atoms with Crippen LogP contribution in [-0.2, 0) is 14.3 Å². The first kappa shape index (κ1) is 11.4. The second-order valence-electron chi connectivity index (χ2n) is 3.43. The molecule has 0 N–H and O–H groups in total. The SMILES string of the molecule is COC(=O)CC(C=O)c1ccc(C)cc1. The second-order valence-corrected chi connectivity index (χ2v) is 3.43. The zero-order valence-corrected chi connectivity index (χ0v) is 8.90. The van der Waals surface area contributed by atoms with Gasteiger partial charge in [0.25, 0.3) is 0 Å². The van der Waals surface area contributed by atoms with Gasteiger partial charge in [-0.2, -0.15) is 0 Å². The number of methoxy groups -OCH3 is 1. The standard InChI is InChI=1S/C12H14O3/c1-9-3-5-10(6-4-9)11(8-13)7-12(14)15-2/h3-6,8,11H,7H2,1-2H3. The van der Waals surface area contributed by atoms with Gasteiger partial charge in [0.05, 0.1) is 19.4 Å². The van der Waals surface area contributed by atoms with Crippen molar-refractivity contribution in [3.05, 3.63) is 35.4 Å². The van der Waals surface area contributed by atoms with E-state index in [0.717, 1.165) is 17.4 Å². The number of aryl methyl sites for hydroxylation is 1. The number of hydrogen-bond donors (Lipinski definition) is 0. The van der Waals surface area contributed by atoms with E-state index in [1.165, 1.54) is 7.11 Å². The van der Waals surface area contributed by atoms with Crippen molar-refractivity contribution in [2.24, 2.45) is 0 Å². The molecule has 1 aromatic carbocycles. The fourth-order valence-corrected chi connectivity index (χ4v) is 1.32. The summed E-state index contributed by atoms with van der Waals surface area (Å²) in [5.41, 5.74) is 1.97. The lowest BCUT2D eigenvalue weighted by molar-refractivity contribution is -0.141. The zero-order valence-electron chi connectivity index (χ0n) is 8.90. The average Bonchev–Trinajstić information content (AvgIpc) is 2.27. The third-order valence-corrected chi connectivity index (χ3v) is 2.28. The number of carbonyl (C=O) groups is 2. The Bertz CT molecular complexity index is 340. The minimum absolute atomic E-state index is 0.100. The van der Waals surface area contributed by atoms with Gasteiger partial charge in [-0.15, -0.1) is 0 Å². The molecule has 0 amide bonds. The summed E-state index contributed by atoms with van der Waals surface area (Å²) in [6.45, 7) is 1.97. The monoisotopic (exact) mass is 206 g/mol. The molecular formula is C12H14O3. The molecule has 0 fully saturated rings. The van der Waals surface area contributed by atoms with E-state index in [1.807, 2.05) is 31.2 Å². The van der Waals surface area contributed by atoms with Crippen LogP contribution in [0, 0.1) is 6.92 Å². The molecule has 0 radical (unpaired) electrons. The molecule has 1 aromatic rings.